The number of rotatable bonds is 6. The van der Waals surface area contributed by atoms with Crippen molar-refractivity contribution in [3.8, 4) is 0 Å². The fourth-order valence-corrected chi connectivity index (χ4v) is 3.61. The van der Waals surface area contributed by atoms with E-state index in [-0.39, 0.29) is 11.6 Å². The number of esters is 1. The number of carbonyl (C=O) groups is 3. The number of ketones is 1. The van der Waals surface area contributed by atoms with E-state index >= 15 is 0 Å². The lowest BCUT2D eigenvalue weighted by Crippen LogP contribution is -2.36. The van der Waals surface area contributed by atoms with Crippen molar-refractivity contribution in [3.05, 3.63) is 65.5 Å². The number of amides is 1. The molecule has 0 spiro atoms. The van der Waals surface area contributed by atoms with Crippen LogP contribution in [0, 0.1) is 5.82 Å². The summed E-state index contributed by atoms with van der Waals surface area (Å²) in [6.45, 7) is 1.06. The summed E-state index contributed by atoms with van der Waals surface area (Å²) in [6, 6.07) is 12.4. The summed E-state index contributed by atoms with van der Waals surface area (Å²) in [5, 5.41) is 2.64. The molecule has 1 aliphatic rings. The van der Waals surface area contributed by atoms with Gasteiger partial charge in [0.15, 0.2) is 12.4 Å². The van der Waals surface area contributed by atoms with Gasteiger partial charge in [-0.25, -0.2) is 4.39 Å². The molecule has 6 heteroatoms. The number of halogens is 1. The van der Waals surface area contributed by atoms with E-state index in [1.165, 1.54) is 19.1 Å². The van der Waals surface area contributed by atoms with E-state index in [1.54, 1.807) is 36.4 Å². The first-order chi connectivity index (χ1) is 13.4. The highest BCUT2D eigenvalue weighted by Crippen LogP contribution is 2.42. The Kier molecular flexibility index (Phi) is 5.87. The van der Waals surface area contributed by atoms with E-state index in [0.717, 1.165) is 18.4 Å². The maximum Gasteiger partial charge on any atom is 0.317 e. The first-order valence-corrected chi connectivity index (χ1v) is 9.25. The van der Waals surface area contributed by atoms with Crippen molar-refractivity contribution >= 4 is 23.3 Å². The van der Waals surface area contributed by atoms with Crippen molar-refractivity contribution in [3.63, 3.8) is 0 Å². The quantitative estimate of drug-likeness (QED) is 0.604. The third-order valence-electron chi connectivity index (χ3n) is 5.15. The third kappa shape index (κ3) is 4.27. The molecule has 0 radical (unpaired) electrons. The number of hydrogen-bond donors (Lipinski definition) is 1. The van der Waals surface area contributed by atoms with Gasteiger partial charge in [-0.05, 0) is 61.7 Å². The molecule has 5 nitrogen and oxygen atoms in total. The molecule has 1 aliphatic carbocycles. The number of hydrogen-bond acceptors (Lipinski definition) is 4. The Hall–Kier alpha value is -3.02. The minimum Gasteiger partial charge on any atom is -0.455 e. The first kappa shape index (κ1) is 19.7. The normalized spacial score (nSPS) is 15.1. The fourth-order valence-electron chi connectivity index (χ4n) is 3.61. The number of anilines is 1. The first-order valence-electron chi connectivity index (χ1n) is 9.25. The Bertz CT molecular complexity index is 868. The lowest BCUT2D eigenvalue weighted by Gasteiger charge is -2.27. The fraction of sp³-hybridized carbons (Fsp3) is 0.318. The van der Waals surface area contributed by atoms with Crippen molar-refractivity contribution in [1.82, 2.24) is 0 Å². The van der Waals surface area contributed by atoms with Gasteiger partial charge in [0.25, 0.3) is 5.91 Å². The van der Waals surface area contributed by atoms with Crippen molar-refractivity contribution in [2.75, 3.05) is 11.9 Å². The highest BCUT2D eigenvalue weighted by atomic mass is 19.1. The molecule has 1 N–H and O–H groups in total. The molecule has 3 rings (SSSR count). The van der Waals surface area contributed by atoms with Crippen LogP contribution in [0.2, 0.25) is 0 Å². The molecule has 0 saturated heterocycles. The smallest absolute Gasteiger partial charge is 0.317 e. The molecule has 28 heavy (non-hydrogen) atoms. The highest BCUT2D eigenvalue weighted by molar-refractivity contribution is 5.96. The topological polar surface area (TPSA) is 72.5 Å². The zero-order valence-electron chi connectivity index (χ0n) is 15.7. The van der Waals surface area contributed by atoms with Crippen molar-refractivity contribution in [2.45, 2.75) is 38.0 Å². The number of ether oxygens (including phenoxy) is 1. The van der Waals surface area contributed by atoms with Crippen LogP contribution in [-0.4, -0.2) is 24.3 Å². The zero-order valence-corrected chi connectivity index (χ0v) is 15.7. The second-order valence-electron chi connectivity index (χ2n) is 7.05. The van der Waals surface area contributed by atoms with Gasteiger partial charge in [-0.2, -0.15) is 0 Å². The van der Waals surface area contributed by atoms with Gasteiger partial charge >= 0.3 is 5.97 Å². The monoisotopic (exact) mass is 383 g/mol. The Balaban J connectivity index is 1.62. The van der Waals surface area contributed by atoms with Crippen molar-refractivity contribution < 1.29 is 23.5 Å². The molecule has 1 fully saturated rings. The molecular weight excluding hydrogens is 361 g/mol. The molecule has 0 aromatic heterocycles. The number of nitrogens with one attached hydrogen (secondary N) is 1. The van der Waals surface area contributed by atoms with Gasteiger partial charge in [0, 0.05) is 11.3 Å². The van der Waals surface area contributed by atoms with E-state index in [1.807, 2.05) is 0 Å². The molecule has 0 heterocycles. The SMILES string of the molecule is CC(=O)c1ccc(NC(=O)COC(=O)C2(c3ccc(F)cc3)CCCC2)cc1. The van der Waals surface area contributed by atoms with Crippen LogP contribution in [0.25, 0.3) is 0 Å². The molecular formula is C22H22FNO4. The van der Waals surface area contributed by atoms with Crippen molar-refractivity contribution in [2.24, 2.45) is 0 Å². The Morgan fingerprint density at radius 2 is 1.61 bits per heavy atom. The van der Waals surface area contributed by atoms with E-state index in [2.05, 4.69) is 5.32 Å². The third-order valence-corrected chi connectivity index (χ3v) is 5.15. The molecule has 0 atom stereocenters. The molecule has 1 amide bonds. The average Bonchev–Trinajstić information content (AvgIpc) is 3.18. The Labute approximate surface area is 162 Å². The standard InChI is InChI=1S/C22H22FNO4/c1-15(25)16-4-10-19(11-5-16)24-20(26)14-28-21(27)22(12-2-3-13-22)17-6-8-18(23)9-7-17/h4-11H,2-3,12-14H2,1H3,(H,24,26). The van der Waals surface area contributed by atoms with Crippen LogP contribution < -0.4 is 5.32 Å². The van der Waals surface area contributed by atoms with Gasteiger partial charge in [-0.3, -0.25) is 14.4 Å². The van der Waals surface area contributed by atoms with Crippen LogP contribution in [0.3, 0.4) is 0 Å². The van der Waals surface area contributed by atoms with Crippen LogP contribution in [0.15, 0.2) is 48.5 Å². The highest BCUT2D eigenvalue weighted by Gasteiger charge is 2.44. The lowest BCUT2D eigenvalue weighted by molar-refractivity contribution is -0.153. The predicted octanol–water partition coefficient (Wildman–Crippen LogP) is 4.02. The molecule has 2 aromatic carbocycles. The molecule has 1 saturated carbocycles. The van der Waals surface area contributed by atoms with Crippen molar-refractivity contribution in [1.29, 1.82) is 0 Å². The zero-order chi connectivity index (χ0) is 20.1. The van der Waals surface area contributed by atoms with Gasteiger partial charge in [0.1, 0.15) is 5.82 Å². The maximum absolute atomic E-state index is 13.2. The molecule has 146 valence electrons. The average molecular weight is 383 g/mol. The molecule has 0 aliphatic heterocycles. The summed E-state index contributed by atoms with van der Waals surface area (Å²) in [7, 11) is 0. The molecule has 0 bridgehead atoms. The number of benzene rings is 2. The van der Waals surface area contributed by atoms with Gasteiger partial charge < -0.3 is 10.1 Å². The van der Waals surface area contributed by atoms with E-state index < -0.39 is 23.9 Å². The summed E-state index contributed by atoms with van der Waals surface area (Å²) in [5.41, 5.74) is 0.959. The molecule has 2 aromatic rings. The molecule has 0 unspecified atom stereocenters. The van der Waals surface area contributed by atoms with Crippen LogP contribution in [0.4, 0.5) is 10.1 Å². The Morgan fingerprint density at radius 3 is 2.18 bits per heavy atom. The summed E-state index contributed by atoms with van der Waals surface area (Å²) < 4.78 is 18.6. The lowest BCUT2D eigenvalue weighted by atomic mass is 9.79. The second kappa shape index (κ2) is 8.33. The second-order valence-corrected chi connectivity index (χ2v) is 7.05. The summed E-state index contributed by atoms with van der Waals surface area (Å²) in [4.78, 5) is 36.2. The van der Waals surface area contributed by atoms with Gasteiger partial charge in [0.2, 0.25) is 0 Å². The summed E-state index contributed by atoms with van der Waals surface area (Å²) in [5.74, 6) is -1.34. The van der Waals surface area contributed by atoms with Crippen LogP contribution in [0.1, 0.15) is 48.5 Å². The summed E-state index contributed by atoms with van der Waals surface area (Å²) >= 11 is 0. The minimum atomic E-state index is -0.822. The van der Waals surface area contributed by atoms with E-state index in [9.17, 15) is 18.8 Å². The predicted molar refractivity (Wildman–Crippen MR) is 103 cm³/mol. The van der Waals surface area contributed by atoms with E-state index in [4.69, 9.17) is 4.74 Å². The van der Waals surface area contributed by atoms with Gasteiger partial charge in [0.05, 0.1) is 5.41 Å². The summed E-state index contributed by atoms with van der Waals surface area (Å²) in [6.07, 6.45) is 2.99. The van der Waals surface area contributed by atoms with Gasteiger partial charge in [-0.15, -0.1) is 0 Å². The van der Waals surface area contributed by atoms with Gasteiger partial charge in [-0.1, -0.05) is 25.0 Å². The van der Waals surface area contributed by atoms with Crippen LogP contribution in [-0.2, 0) is 19.7 Å². The Morgan fingerprint density at radius 1 is 1.00 bits per heavy atom. The van der Waals surface area contributed by atoms with E-state index in [0.29, 0.717) is 24.1 Å². The van der Waals surface area contributed by atoms with Crippen LogP contribution >= 0.6 is 0 Å². The van der Waals surface area contributed by atoms with Crippen LogP contribution in [0.5, 0.6) is 0 Å². The number of Topliss-reactive ketones (excluding diaryl/α,β-unsaturated/α-hetero) is 1. The largest absolute Gasteiger partial charge is 0.455 e. The number of carbonyl (C=O) groups excluding carboxylic acids is 3. The minimum absolute atomic E-state index is 0.0607. The maximum atomic E-state index is 13.2.